The normalized spacial score (nSPS) is 12.4. The number of unbranched alkanes of at least 4 members (excludes halogenated alkanes) is 1. The van der Waals surface area contributed by atoms with E-state index in [-0.39, 0.29) is 10.9 Å². The molecule has 1 aromatic carbocycles. The second kappa shape index (κ2) is 7.69. The average molecular weight is 359 g/mol. The Labute approximate surface area is 149 Å². The summed E-state index contributed by atoms with van der Waals surface area (Å²) in [4.78, 5) is 11.9. The molecule has 7 nitrogen and oxygen atoms in total. The third-order valence-electron chi connectivity index (χ3n) is 3.83. The SMILES string of the molecule is CCCCn1c(SC(C)c2nnc(-c3ccc(C)cc3)o2)n[nH]c1=O. The number of rotatable bonds is 7. The number of aromatic amines is 1. The number of nitrogens with zero attached hydrogens (tertiary/aromatic N) is 4. The van der Waals surface area contributed by atoms with Crippen LogP contribution in [0, 0.1) is 6.92 Å². The Kier molecular flexibility index (Phi) is 5.37. The van der Waals surface area contributed by atoms with Crippen LogP contribution in [0.4, 0.5) is 0 Å². The average Bonchev–Trinajstić information content (AvgIpc) is 3.22. The maximum atomic E-state index is 11.9. The van der Waals surface area contributed by atoms with Crippen LogP contribution in [0.1, 0.15) is 43.4 Å². The lowest BCUT2D eigenvalue weighted by Crippen LogP contribution is -2.17. The summed E-state index contributed by atoms with van der Waals surface area (Å²) in [5.74, 6) is 1.01. The predicted octanol–water partition coefficient (Wildman–Crippen LogP) is 3.58. The Morgan fingerprint density at radius 2 is 2.04 bits per heavy atom. The smallest absolute Gasteiger partial charge is 0.343 e. The van der Waals surface area contributed by atoms with Crippen molar-refractivity contribution in [1.82, 2.24) is 25.0 Å². The van der Waals surface area contributed by atoms with Gasteiger partial charge in [0, 0.05) is 12.1 Å². The van der Waals surface area contributed by atoms with Gasteiger partial charge in [-0.25, -0.2) is 9.89 Å². The second-order valence-electron chi connectivity index (χ2n) is 5.89. The molecule has 0 aliphatic rings. The van der Waals surface area contributed by atoms with Gasteiger partial charge in [-0.15, -0.1) is 15.3 Å². The van der Waals surface area contributed by atoms with Crippen LogP contribution in [0.5, 0.6) is 0 Å². The minimum absolute atomic E-state index is 0.109. The molecule has 0 radical (unpaired) electrons. The summed E-state index contributed by atoms with van der Waals surface area (Å²) < 4.78 is 7.46. The molecule has 0 aliphatic heterocycles. The van der Waals surface area contributed by atoms with E-state index >= 15 is 0 Å². The lowest BCUT2D eigenvalue weighted by molar-refractivity contribution is 0.507. The standard InChI is InChI=1S/C17H21N5O2S/c1-4-5-10-22-16(23)20-21-17(22)25-12(3)14-18-19-15(24-14)13-8-6-11(2)7-9-13/h6-9,12H,4-5,10H2,1-3H3,(H,20,23). The molecular weight excluding hydrogens is 338 g/mol. The molecule has 8 heteroatoms. The first kappa shape index (κ1) is 17.5. The Hall–Kier alpha value is -2.35. The number of H-pyrrole nitrogens is 1. The second-order valence-corrected chi connectivity index (χ2v) is 7.20. The van der Waals surface area contributed by atoms with Crippen molar-refractivity contribution in [2.75, 3.05) is 0 Å². The van der Waals surface area contributed by atoms with Gasteiger partial charge < -0.3 is 4.42 Å². The molecule has 0 bridgehead atoms. The van der Waals surface area contributed by atoms with Gasteiger partial charge in [0.15, 0.2) is 5.16 Å². The fourth-order valence-electron chi connectivity index (χ4n) is 2.33. The van der Waals surface area contributed by atoms with Crippen molar-refractivity contribution >= 4 is 11.8 Å². The highest BCUT2D eigenvalue weighted by Crippen LogP contribution is 2.33. The van der Waals surface area contributed by atoms with Gasteiger partial charge in [-0.1, -0.05) is 42.8 Å². The summed E-state index contributed by atoms with van der Waals surface area (Å²) in [6, 6.07) is 7.93. The third-order valence-corrected chi connectivity index (χ3v) is 4.91. The van der Waals surface area contributed by atoms with Crippen molar-refractivity contribution in [2.45, 2.75) is 50.6 Å². The molecule has 25 heavy (non-hydrogen) atoms. The minimum atomic E-state index is -0.186. The van der Waals surface area contributed by atoms with Crippen LogP contribution in [0.2, 0.25) is 0 Å². The van der Waals surface area contributed by atoms with Crippen LogP contribution in [-0.4, -0.2) is 25.0 Å². The topological polar surface area (TPSA) is 89.6 Å². The Bertz CT molecular complexity index is 881. The van der Waals surface area contributed by atoms with E-state index in [4.69, 9.17) is 4.42 Å². The molecule has 3 rings (SSSR count). The maximum Gasteiger partial charge on any atom is 0.343 e. The van der Waals surface area contributed by atoms with Crippen molar-refractivity contribution in [1.29, 1.82) is 0 Å². The zero-order chi connectivity index (χ0) is 17.8. The first-order chi connectivity index (χ1) is 12.1. The lowest BCUT2D eigenvalue weighted by Gasteiger charge is -2.07. The van der Waals surface area contributed by atoms with Crippen LogP contribution < -0.4 is 5.69 Å². The van der Waals surface area contributed by atoms with Crippen LogP contribution in [0.25, 0.3) is 11.5 Å². The third kappa shape index (κ3) is 4.01. The molecule has 0 aliphatic carbocycles. The number of benzene rings is 1. The molecule has 0 fully saturated rings. The van der Waals surface area contributed by atoms with E-state index in [1.807, 2.05) is 38.1 Å². The number of thioether (sulfide) groups is 1. The zero-order valence-electron chi connectivity index (χ0n) is 14.5. The van der Waals surface area contributed by atoms with Crippen molar-refractivity contribution in [3.63, 3.8) is 0 Å². The van der Waals surface area contributed by atoms with Gasteiger partial charge in [0.2, 0.25) is 11.8 Å². The number of hydrogen-bond acceptors (Lipinski definition) is 6. The molecule has 0 saturated carbocycles. The van der Waals surface area contributed by atoms with E-state index in [1.165, 1.54) is 17.3 Å². The van der Waals surface area contributed by atoms with Crippen LogP contribution in [0.3, 0.4) is 0 Å². The predicted molar refractivity (Wildman–Crippen MR) is 96.5 cm³/mol. The maximum absolute atomic E-state index is 11.9. The molecule has 1 atom stereocenters. The van der Waals surface area contributed by atoms with Crippen LogP contribution >= 0.6 is 11.8 Å². The Balaban J connectivity index is 1.75. The molecule has 0 saturated heterocycles. The van der Waals surface area contributed by atoms with E-state index in [0.29, 0.717) is 23.5 Å². The Morgan fingerprint density at radius 1 is 1.28 bits per heavy atom. The summed E-state index contributed by atoms with van der Waals surface area (Å²) >= 11 is 1.43. The van der Waals surface area contributed by atoms with E-state index < -0.39 is 0 Å². The van der Waals surface area contributed by atoms with Crippen molar-refractivity contribution in [2.24, 2.45) is 0 Å². The monoisotopic (exact) mass is 359 g/mol. The van der Waals surface area contributed by atoms with Gasteiger partial charge in [-0.2, -0.15) is 0 Å². The Morgan fingerprint density at radius 3 is 2.76 bits per heavy atom. The lowest BCUT2D eigenvalue weighted by atomic mass is 10.1. The molecule has 0 spiro atoms. The highest BCUT2D eigenvalue weighted by molar-refractivity contribution is 7.99. The number of nitrogens with one attached hydrogen (secondary N) is 1. The molecule has 2 heterocycles. The summed E-state index contributed by atoms with van der Waals surface area (Å²) in [5.41, 5.74) is 1.88. The van der Waals surface area contributed by atoms with E-state index in [0.717, 1.165) is 18.4 Å². The fourth-order valence-corrected chi connectivity index (χ4v) is 3.24. The summed E-state index contributed by atoms with van der Waals surface area (Å²) in [6.07, 6.45) is 1.94. The van der Waals surface area contributed by atoms with Gasteiger partial charge in [-0.3, -0.25) is 4.57 Å². The molecule has 0 amide bonds. The minimum Gasteiger partial charge on any atom is -0.419 e. The van der Waals surface area contributed by atoms with Crippen LogP contribution in [-0.2, 0) is 6.54 Å². The molecule has 132 valence electrons. The molecule has 3 aromatic rings. The van der Waals surface area contributed by atoms with E-state index in [1.54, 1.807) is 4.57 Å². The highest BCUT2D eigenvalue weighted by Gasteiger charge is 2.19. The summed E-state index contributed by atoms with van der Waals surface area (Å²) in [6.45, 7) is 6.73. The number of aromatic nitrogens is 5. The highest BCUT2D eigenvalue weighted by atomic mass is 32.2. The number of aryl methyl sites for hydroxylation is 1. The van der Waals surface area contributed by atoms with Crippen LogP contribution in [0.15, 0.2) is 38.6 Å². The van der Waals surface area contributed by atoms with E-state index in [9.17, 15) is 4.79 Å². The van der Waals surface area contributed by atoms with Gasteiger partial charge in [0.25, 0.3) is 0 Å². The van der Waals surface area contributed by atoms with Crippen molar-refractivity contribution in [3.05, 3.63) is 46.2 Å². The molecule has 2 aromatic heterocycles. The van der Waals surface area contributed by atoms with E-state index in [2.05, 4.69) is 27.3 Å². The summed E-state index contributed by atoms with van der Waals surface area (Å²) in [5, 5.41) is 15.4. The molecular formula is C17H21N5O2S. The zero-order valence-corrected chi connectivity index (χ0v) is 15.3. The number of hydrogen-bond donors (Lipinski definition) is 1. The van der Waals surface area contributed by atoms with Gasteiger partial charge in [0.05, 0.1) is 5.25 Å². The quantitative estimate of drug-likeness (QED) is 0.649. The summed E-state index contributed by atoms with van der Waals surface area (Å²) in [7, 11) is 0. The first-order valence-electron chi connectivity index (χ1n) is 8.30. The molecule has 1 N–H and O–H groups in total. The van der Waals surface area contributed by atoms with Crippen molar-refractivity contribution < 1.29 is 4.42 Å². The van der Waals surface area contributed by atoms with Gasteiger partial charge in [-0.05, 0) is 32.4 Å². The van der Waals surface area contributed by atoms with Gasteiger partial charge >= 0.3 is 5.69 Å². The van der Waals surface area contributed by atoms with Gasteiger partial charge in [0.1, 0.15) is 0 Å². The largest absolute Gasteiger partial charge is 0.419 e. The first-order valence-corrected chi connectivity index (χ1v) is 9.18. The molecule has 1 unspecified atom stereocenters. The van der Waals surface area contributed by atoms with Crippen molar-refractivity contribution in [3.8, 4) is 11.5 Å². The fraction of sp³-hybridized carbons (Fsp3) is 0.412.